The van der Waals surface area contributed by atoms with E-state index in [0.29, 0.717) is 0 Å². The Morgan fingerprint density at radius 2 is 2.50 bits per heavy atom. The second-order valence-corrected chi connectivity index (χ2v) is 2.74. The summed E-state index contributed by atoms with van der Waals surface area (Å²) in [6.45, 7) is 2.03. The summed E-state index contributed by atoms with van der Waals surface area (Å²) in [5, 5.41) is 8.82. The van der Waals surface area contributed by atoms with E-state index in [2.05, 4.69) is 0 Å². The third-order valence-electron chi connectivity index (χ3n) is 2.16. The van der Waals surface area contributed by atoms with Gasteiger partial charge in [0.05, 0.1) is 6.61 Å². The summed E-state index contributed by atoms with van der Waals surface area (Å²) in [6.07, 6.45) is 2.80. The van der Waals surface area contributed by atoms with Crippen molar-refractivity contribution in [2.45, 2.75) is 19.8 Å². The van der Waals surface area contributed by atoms with Crippen molar-refractivity contribution < 1.29 is 9.90 Å². The first kappa shape index (κ1) is 7.48. The van der Waals surface area contributed by atoms with Crippen molar-refractivity contribution in [3.8, 4) is 0 Å². The first-order valence-corrected chi connectivity index (χ1v) is 3.54. The smallest absolute Gasteiger partial charge is 0.127 e. The van der Waals surface area contributed by atoms with Crippen LogP contribution in [0.5, 0.6) is 0 Å². The second-order valence-electron chi connectivity index (χ2n) is 2.74. The molecule has 1 rings (SSSR count). The Balaban J connectivity index is 2.75. The van der Waals surface area contributed by atoms with Gasteiger partial charge in [-0.3, -0.25) is 0 Å². The summed E-state index contributed by atoms with van der Waals surface area (Å²) in [7, 11) is 0. The van der Waals surface area contributed by atoms with E-state index in [1.54, 1.807) is 0 Å². The van der Waals surface area contributed by atoms with Crippen molar-refractivity contribution in [3.63, 3.8) is 0 Å². The van der Waals surface area contributed by atoms with E-state index in [9.17, 15) is 4.79 Å². The standard InChI is InChI=1S/C8H12O2/c1-6-2-3-7(4-9)8(6)5-10/h4,7,10H,2-3,5H2,1H3. The van der Waals surface area contributed by atoms with E-state index in [1.807, 2.05) is 6.92 Å². The third-order valence-corrected chi connectivity index (χ3v) is 2.16. The van der Waals surface area contributed by atoms with Gasteiger partial charge in [0.15, 0.2) is 0 Å². The van der Waals surface area contributed by atoms with Gasteiger partial charge in [-0.1, -0.05) is 5.57 Å². The summed E-state index contributed by atoms with van der Waals surface area (Å²) in [4.78, 5) is 10.4. The van der Waals surface area contributed by atoms with Crippen molar-refractivity contribution in [3.05, 3.63) is 11.1 Å². The van der Waals surface area contributed by atoms with Gasteiger partial charge >= 0.3 is 0 Å². The number of rotatable bonds is 2. The van der Waals surface area contributed by atoms with Gasteiger partial charge < -0.3 is 9.90 Å². The lowest BCUT2D eigenvalue weighted by Crippen LogP contribution is -2.04. The van der Waals surface area contributed by atoms with E-state index >= 15 is 0 Å². The average molecular weight is 140 g/mol. The van der Waals surface area contributed by atoms with E-state index < -0.39 is 0 Å². The number of aliphatic hydroxyl groups is 1. The molecule has 0 amide bonds. The lowest BCUT2D eigenvalue weighted by atomic mass is 10.0. The van der Waals surface area contributed by atoms with Crippen LogP contribution >= 0.6 is 0 Å². The van der Waals surface area contributed by atoms with Crippen LogP contribution in [-0.4, -0.2) is 18.0 Å². The molecule has 0 aromatic heterocycles. The van der Waals surface area contributed by atoms with Crippen LogP contribution in [0, 0.1) is 5.92 Å². The minimum atomic E-state index is 0.00463. The zero-order valence-electron chi connectivity index (χ0n) is 6.13. The molecule has 2 nitrogen and oxygen atoms in total. The Labute approximate surface area is 60.6 Å². The van der Waals surface area contributed by atoms with Crippen LogP contribution in [0.2, 0.25) is 0 Å². The summed E-state index contributed by atoms with van der Waals surface area (Å²) in [6, 6.07) is 0. The summed E-state index contributed by atoms with van der Waals surface area (Å²) < 4.78 is 0. The number of carbonyl (C=O) groups is 1. The highest BCUT2D eigenvalue weighted by atomic mass is 16.3. The van der Waals surface area contributed by atoms with Crippen LogP contribution in [0.15, 0.2) is 11.1 Å². The normalized spacial score (nSPS) is 25.6. The maximum Gasteiger partial charge on any atom is 0.127 e. The van der Waals surface area contributed by atoms with Crippen LogP contribution in [-0.2, 0) is 4.79 Å². The van der Waals surface area contributed by atoms with Crippen LogP contribution in [0.4, 0.5) is 0 Å². The zero-order chi connectivity index (χ0) is 7.56. The van der Waals surface area contributed by atoms with Gasteiger partial charge in [-0.25, -0.2) is 0 Å². The van der Waals surface area contributed by atoms with Crippen molar-refractivity contribution in [1.29, 1.82) is 0 Å². The molecule has 0 aromatic carbocycles. The Hall–Kier alpha value is -0.630. The molecule has 0 fully saturated rings. The Kier molecular flexibility index (Phi) is 2.22. The van der Waals surface area contributed by atoms with E-state index in [0.717, 1.165) is 24.7 Å². The van der Waals surface area contributed by atoms with Gasteiger partial charge in [0.1, 0.15) is 6.29 Å². The molecule has 0 radical (unpaired) electrons. The molecule has 2 heteroatoms. The molecule has 1 aliphatic rings. The first-order chi connectivity index (χ1) is 4.79. The third kappa shape index (κ3) is 1.12. The predicted molar refractivity (Wildman–Crippen MR) is 38.6 cm³/mol. The number of carbonyl (C=O) groups excluding carboxylic acids is 1. The van der Waals surface area contributed by atoms with Crippen LogP contribution in [0.1, 0.15) is 19.8 Å². The maximum absolute atomic E-state index is 10.4. The van der Waals surface area contributed by atoms with E-state index in [1.165, 1.54) is 5.57 Å². The van der Waals surface area contributed by atoms with Crippen LogP contribution in [0.25, 0.3) is 0 Å². The lowest BCUT2D eigenvalue weighted by molar-refractivity contribution is -0.110. The summed E-state index contributed by atoms with van der Waals surface area (Å²) in [5.74, 6) is 0.00463. The van der Waals surface area contributed by atoms with E-state index in [-0.39, 0.29) is 12.5 Å². The Morgan fingerprint density at radius 3 is 2.90 bits per heavy atom. The van der Waals surface area contributed by atoms with Crippen molar-refractivity contribution in [2.24, 2.45) is 5.92 Å². The van der Waals surface area contributed by atoms with Crippen molar-refractivity contribution in [1.82, 2.24) is 0 Å². The topological polar surface area (TPSA) is 37.3 Å². The molecule has 0 aromatic rings. The van der Waals surface area contributed by atoms with Crippen molar-refractivity contribution >= 4 is 6.29 Å². The highest BCUT2D eigenvalue weighted by Crippen LogP contribution is 2.29. The maximum atomic E-state index is 10.4. The molecule has 0 aliphatic heterocycles. The number of allylic oxidation sites excluding steroid dienone is 1. The van der Waals surface area contributed by atoms with Gasteiger partial charge in [0.2, 0.25) is 0 Å². The Bertz CT molecular complexity index is 170. The molecule has 1 aliphatic carbocycles. The number of hydrogen-bond donors (Lipinski definition) is 1. The van der Waals surface area contributed by atoms with Gasteiger partial charge in [-0.2, -0.15) is 0 Å². The van der Waals surface area contributed by atoms with Gasteiger partial charge in [-0.05, 0) is 25.3 Å². The quantitative estimate of drug-likeness (QED) is 0.457. The Morgan fingerprint density at radius 1 is 1.80 bits per heavy atom. The molecule has 0 saturated carbocycles. The fourth-order valence-electron chi connectivity index (χ4n) is 1.43. The second kappa shape index (κ2) is 2.97. The molecule has 0 heterocycles. The minimum absolute atomic E-state index is 0.00463. The van der Waals surface area contributed by atoms with Crippen LogP contribution < -0.4 is 0 Å². The molecular weight excluding hydrogens is 128 g/mol. The van der Waals surface area contributed by atoms with Crippen LogP contribution in [0.3, 0.4) is 0 Å². The summed E-state index contributed by atoms with van der Waals surface area (Å²) in [5.41, 5.74) is 2.13. The van der Waals surface area contributed by atoms with Crippen molar-refractivity contribution in [2.75, 3.05) is 6.61 Å². The lowest BCUT2D eigenvalue weighted by Gasteiger charge is -2.03. The average Bonchev–Trinajstić information content (AvgIpc) is 2.30. The zero-order valence-corrected chi connectivity index (χ0v) is 6.13. The molecule has 0 saturated heterocycles. The molecule has 1 unspecified atom stereocenters. The number of hydrogen-bond acceptors (Lipinski definition) is 2. The molecule has 10 heavy (non-hydrogen) atoms. The fourth-order valence-corrected chi connectivity index (χ4v) is 1.43. The van der Waals surface area contributed by atoms with E-state index in [4.69, 9.17) is 5.11 Å². The first-order valence-electron chi connectivity index (χ1n) is 3.54. The number of aliphatic hydroxyl groups excluding tert-OH is 1. The molecule has 56 valence electrons. The largest absolute Gasteiger partial charge is 0.392 e. The molecule has 1 atom stereocenters. The highest BCUT2D eigenvalue weighted by molar-refractivity contribution is 5.61. The number of aldehydes is 1. The monoisotopic (exact) mass is 140 g/mol. The molecule has 0 spiro atoms. The fraction of sp³-hybridized carbons (Fsp3) is 0.625. The van der Waals surface area contributed by atoms with Gasteiger partial charge in [0, 0.05) is 5.92 Å². The van der Waals surface area contributed by atoms with Gasteiger partial charge in [-0.15, -0.1) is 0 Å². The molecule has 0 bridgehead atoms. The summed E-state index contributed by atoms with van der Waals surface area (Å²) >= 11 is 0. The predicted octanol–water partition coefficient (Wildman–Crippen LogP) is 0.904. The molecule has 1 N–H and O–H groups in total. The minimum Gasteiger partial charge on any atom is -0.392 e. The SMILES string of the molecule is CC1=C(CO)C(C=O)CC1. The molecular formula is C8H12O2. The van der Waals surface area contributed by atoms with Gasteiger partial charge in [0.25, 0.3) is 0 Å². The highest BCUT2D eigenvalue weighted by Gasteiger charge is 2.21.